The van der Waals surface area contributed by atoms with Gasteiger partial charge >= 0.3 is 0 Å². The van der Waals surface area contributed by atoms with Gasteiger partial charge in [0.1, 0.15) is 11.9 Å². The van der Waals surface area contributed by atoms with Crippen LogP contribution in [0.15, 0.2) is 49.3 Å². The molecule has 0 N–H and O–H groups in total. The van der Waals surface area contributed by atoms with Crippen molar-refractivity contribution in [1.82, 2.24) is 14.7 Å². The summed E-state index contributed by atoms with van der Waals surface area (Å²) in [5.74, 6) is -3.33. The van der Waals surface area contributed by atoms with Gasteiger partial charge in [0.25, 0.3) is 5.92 Å². The Hall–Kier alpha value is -2.57. The monoisotopic (exact) mass is 349 g/mol. The lowest BCUT2D eigenvalue weighted by atomic mass is 10.1. The number of carbonyl (C=O) groups is 1. The Bertz CT molecular complexity index is 787. The van der Waals surface area contributed by atoms with Crippen molar-refractivity contribution in [3.63, 3.8) is 0 Å². The number of halogens is 3. The highest BCUT2D eigenvalue weighted by molar-refractivity contribution is 5.86. The van der Waals surface area contributed by atoms with E-state index in [2.05, 4.69) is 11.7 Å². The number of benzene rings is 1. The van der Waals surface area contributed by atoms with Gasteiger partial charge in [0.05, 0.1) is 6.20 Å². The Labute approximate surface area is 143 Å². The van der Waals surface area contributed by atoms with E-state index in [1.807, 2.05) is 0 Å². The van der Waals surface area contributed by atoms with E-state index < -0.39 is 12.0 Å². The number of amides is 1. The van der Waals surface area contributed by atoms with Gasteiger partial charge < -0.3 is 4.90 Å². The van der Waals surface area contributed by atoms with Gasteiger partial charge in [-0.05, 0) is 24.1 Å². The zero-order valence-corrected chi connectivity index (χ0v) is 13.5. The Kier molecular flexibility index (Phi) is 4.65. The highest BCUT2D eigenvalue weighted by atomic mass is 19.3. The first kappa shape index (κ1) is 17.3. The van der Waals surface area contributed by atoms with Crippen molar-refractivity contribution >= 4 is 5.91 Å². The third kappa shape index (κ3) is 3.92. The molecule has 1 aliphatic carbocycles. The third-order valence-corrected chi connectivity index (χ3v) is 4.24. The quantitative estimate of drug-likeness (QED) is 0.719. The molecule has 1 unspecified atom stereocenters. The maximum atomic E-state index is 13.7. The topological polar surface area (TPSA) is 38.1 Å². The van der Waals surface area contributed by atoms with Crippen molar-refractivity contribution in [2.75, 3.05) is 6.54 Å². The summed E-state index contributed by atoms with van der Waals surface area (Å²) in [6.45, 7) is 3.97. The van der Waals surface area contributed by atoms with E-state index in [1.165, 1.54) is 34.1 Å². The molecule has 25 heavy (non-hydrogen) atoms. The van der Waals surface area contributed by atoms with Gasteiger partial charge in [-0.15, -0.1) is 0 Å². The second-order valence-corrected chi connectivity index (χ2v) is 6.11. The zero-order valence-electron chi connectivity index (χ0n) is 13.5. The second kappa shape index (κ2) is 6.74. The summed E-state index contributed by atoms with van der Waals surface area (Å²) in [4.78, 5) is 13.5. The maximum Gasteiger partial charge on any atom is 0.272 e. The summed E-state index contributed by atoms with van der Waals surface area (Å²) < 4.78 is 41.2. The fraction of sp³-hybridized carbons (Fsp3) is 0.333. The number of rotatable bonds is 7. The first-order valence-electron chi connectivity index (χ1n) is 7.96. The van der Waals surface area contributed by atoms with Crippen LogP contribution in [0, 0.1) is 5.82 Å². The number of hydrogen-bond acceptors (Lipinski definition) is 2. The molecular formula is C18H18F3N3O. The minimum Gasteiger partial charge on any atom is -0.334 e. The predicted molar refractivity (Wildman–Crippen MR) is 86.5 cm³/mol. The average Bonchev–Trinajstić information content (AvgIpc) is 3.01. The molecule has 0 aliphatic heterocycles. The Morgan fingerprint density at radius 1 is 1.44 bits per heavy atom. The molecule has 7 heteroatoms. The van der Waals surface area contributed by atoms with Crippen LogP contribution < -0.4 is 0 Å². The molecule has 1 fully saturated rings. The molecule has 0 spiro atoms. The largest absolute Gasteiger partial charge is 0.334 e. The van der Waals surface area contributed by atoms with Crippen LogP contribution in [-0.4, -0.2) is 33.1 Å². The number of aromatic nitrogens is 2. The van der Waals surface area contributed by atoms with Crippen LogP contribution >= 0.6 is 0 Å². The first-order valence-corrected chi connectivity index (χ1v) is 7.96. The molecule has 1 amide bonds. The normalized spacial score (nSPS) is 18.0. The van der Waals surface area contributed by atoms with Crippen LogP contribution in [0.4, 0.5) is 13.2 Å². The van der Waals surface area contributed by atoms with Gasteiger partial charge in [-0.3, -0.25) is 9.48 Å². The predicted octanol–water partition coefficient (Wildman–Crippen LogP) is 3.36. The standard InChI is InChI=1S/C18H18F3N3O/c1-2-17(25)23(8-7-14-5-3-4-6-15(14)19)11-13-10-22-24(12-13)16-9-18(16,20)21/h2-6,10,12,16H,1,7-9,11H2. The summed E-state index contributed by atoms with van der Waals surface area (Å²) in [5, 5.41) is 3.96. The van der Waals surface area contributed by atoms with Crippen molar-refractivity contribution in [3.05, 3.63) is 66.3 Å². The molecule has 3 rings (SSSR count). The van der Waals surface area contributed by atoms with Gasteiger partial charge in [0.15, 0.2) is 0 Å². The van der Waals surface area contributed by atoms with E-state index in [9.17, 15) is 18.0 Å². The number of alkyl halides is 2. The van der Waals surface area contributed by atoms with Gasteiger partial charge in [-0.1, -0.05) is 24.8 Å². The Morgan fingerprint density at radius 3 is 2.80 bits per heavy atom. The van der Waals surface area contributed by atoms with E-state index in [-0.39, 0.29) is 31.2 Å². The minimum atomic E-state index is -2.70. The van der Waals surface area contributed by atoms with Gasteiger partial charge in [0.2, 0.25) is 5.91 Å². The van der Waals surface area contributed by atoms with E-state index in [0.717, 1.165) is 0 Å². The highest BCUT2D eigenvalue weighted by Crippen LogP contribution is 2.52. The molecule has 1 atom stereocenters. The molecular weight excluding hydrogens is 331 g/mol. The van der Waals surface area contributed by atoms with E-state index in [4.69, 9.17) is 0 Å². The summed E-state index contributed by atoms with van der Waals surface area (Å²) >= 11 is 0. The van der Waals surface area contributed by atoms with Gasteiger partial charge in [-0.25, -0.2) is 13.2 Å². The fourth-order valence-corrected chi connectivity index (χ4v) is 2.69. The van der Waals surface area contributed by atoms with Crippen LogP contribution in [0.1, 0.15) is 23.6 Å². The van der Waals surface area contributed by atoms with Crippen LogP contribution in [0.2, 0.25) is 0 Å². The van der Waals surface area contributed by atoms with Gasteiger partial charge in [-0.2, -0.15) is 5.10 Å². The molecule has 0 saturated heterocycles. The Balaban J connectivity index is 1.66. The van der Waals surface area contributed by atoms with Crippen molar-refractivity contribution < 1.29 is 18.0 Å². The van der Waals surface area contributed by atoms with Crippen LogP contribution in [0.25, 0.3) is 0 Å². The van der Waals surface area contributed by atoms with Crippen molar-refractivity contribution in [2.45, 2.75) is 31.4 Å². The molecule has 1 aromatic carbocycles. The van der Waals surface area contributed by atoms with E-state index >= 15 is 0 Å². The van der Waals surface area contributed by atoms with Crippen molar-refractivity contribution in [3.8, 4) is 0 Å². The molecule has 1 saturated carbocycles. The number of nitrogens with zero attached hydrogens (tertiary/aromatic N) is 3. The third-order valence-electron chi connectivity index (χ3n) is 4.24. The molecule has 2 aromatic rings. The number of hydrogen-bond donors (Lipinski definition) is 0. The summed E-state index contributed by atoms with van der Waals surface area (Å²) in [6, 6.07) is 5.47. The minimum absolute atomic E-state index is 0.206. The number of carbonyl (C=O) groups excluding carboxylic acids is 1. The summed E-state index contributed by atoms with van der Waals surface area (Å²) in [7, 11) is 0. The first-order chi connectivity index (χ1) is 11.9. The smallest absolute Gasteiger partial charge is 0.272 e. The van der Waals surface area contributed by atoms with E-state index in [0.29, 0.717) is 17.5 Å². The molecule has 0 radical (unpaired) electrons. The van der Waals surface area contributed by atoms with E-state index in [1.54, 1.807) is 18.2 Å². The summed E-state index contributed by atoms with van der Waals surface area (Å²) in [6.07, 6.45) is 4.32. The van der Waals surface area contributed by atoms with Crippen molar-refractivity contribution in [1.29, 1.82) is 0 Å². The maximum absolute atomic E-state index is 13.7. The lowest BCUT2D eigenvalue weighted by molar-refractivity contribution is -0.126. The lowest BCUT2D eigenvalue weighted by Crippen LogP contribution is -2.31. The Morgan fingerprint density at radius 2 is 2.16 bits per heavy atom. The average molecular weight is 349 g/mol. The summed E-state index contributed by atoms with van der Waals surface area (Å²) in [5.41, 5.74) is 1.16. The van der Waals surface area contributed by atoms with Crippen molar-refractivity contribution in [2.24, 2.45) is 0 Å². The van der Waals surface area contributed by atoms with Gasteiger partial charge in [0, 0.05) is 31.3 Å². The molecule has 1 aliphatic rings. The fourth-order valence-electron chi connectivity index (χ4n) is 2.69. The molecule has 132 valence electrons. The van der Waals surface area contributed by atoms with Crippen LogP contribution in [0.3, 0.4) is 0 Å². The van der Waals surface area contributed by atoms with Crippen LogP contribution in [-0.2, 0) is 17.8 Å². The second-order valence-electron chi connectivity index (χ2n) is 6.11. The van der Waals surface area contributed by atoms with Crippen LogP contribution in [0.5, 0.6) is 0 Å². The zero-order chi connectivity index (χ0) is 18.0. The lowest BCUT2D eigenvalue weighted by Gasteiger charge is -2.20. The SMILES string of the molecule is C=CC(=O)N(CCc1ccccc1F)Cc1cnn(C2CC2(F)F)c1. The molecule has 4 nitrogen and oxygen atoms in total. The highest BCUT2D eigenvalue weighted by Gasteiger charge is 2.59. The molecule has 0 bridgehead atoms. The molecule has 1 aromatic heterocycles. The molecule has 1 heterocycles.